The smallest absolute Gasteiger partial charge is 0.117 e. The van der Waals surface area contributed by atoms with E-state index in [1.54, 1.807) is 11.3 Å². The van der Waals surface area contributed by atoms with Crippen molar-refractivity contribution in [3.05, 3.63) is 58.3 Å². The first-order chi connectivity index (χ1) is 8.77. The van der Waals surface area contributed by atoms with Crippen LogP contribution < -0.4 is 0 Å². The molecule has 0 aliphatic heterocycles. The second kappa shape index (κ2) is 6.69. The molecule has 1 heterocycles. The van der Waals surface area contributed by atoms with Crippen LogP contribution in [-0.2, 0) is 4.74 Å². The predicted octanol–water partition coefficient (Wildman–Crippen LogP) is 3.42. The summed E-state index contributed by atoms with van der Waals surface area (Å²) in [6.45, 7) is 1.68. The van der Waals surface area contributed by atoms with Crippen molar-refractivity contribution in [1.82, 2.24) is 4.90 Å². The van der Waals surface area contributed by atoms with Crippen LogP contribution in [0.3, 0.4) is 0 Å². The van der Waals surface area contributed by atoms with Gasteiger partial charge in [-0.25, -0.2) is 0 Å². The molecule has 2 aromatic rings. The van der Waals surface area contributed by atoms with Gasteiger partial charge in [-0.3, -0.25) is 0 Å². The van der Waals surface area contributed by atoms with E-state index in [1.807, 2.05) is 6.07 Å². The van der Waals surface area contributed by atoms with Crippen molar-refractivity contribution >= 4 is 11.3 Å². The lowest BCUT2D eigenvalue weighted by Crippen LogP contribution is -2.19. The van der Waals surface area contributed by atoms with Crippen LogP contribution in [0.25, 0.3) is 0 Å². The topological polar surface area (TPSA) is 12.5 Å². The Balaban J connectivity index is 2.09. The number of nitrogens with zero attached hydrogens (tertiary/aromatic N) is 1. The van der Waals surface area contributed by atoms with E-state index >= 15 is 0 Å². The van der Waals surface area contributed by atoms with E-state index < -0.39 is 0 Å². The number of ether oxygens (including phenoxy) is 1. The van der Waals surface area contributed by atoms with Crippen LogP contribution in [-0.4, -0.2) is 32.1 Å². The highest BCUT2D eigenvalue weighted by Gasteiger charge is 2.15. The fourth-order valence-electron chi connectivity index (χ4n) is 1.76. The fraction of sp³-hybridized carbons (Fsp3) is 0.333. The summed E-state index contributed by atoms with van der Waals surface area (Å²) in [7, 11) is 4.12. The molecule has 0 saturated heterocycles. The molecule has 2 nitrogen and oxygen atoms in total. The molecule has 0 fully saturated rings. The summed E-state index contributed by atoms with van der Waals surface area (Å²) in [6.07, 6.45) is 0.0612. The maximum atomic E-state index is 6.05. The molecule has 0 aliphatic carbocycles. The molecule has 0 spiro atoms. The minimum atomic E-state index is 0.0612. The predicted molar refractivity (Wildman–Crippen MR) is 77.1 cm³/mol. The van der Waals surface area contributed by atoms with E-state index in [0.717, 1.165) is 13.2 Å². The number of hydrogen-bond donors (Lipinski definition) is 0. The molecule has 3 heteroatoms. The van der Waals surface area contributed by atoms with Crippen LogP contribution >= 0.6 is 11.3 Å². The first kappa shape index (κ1) is 13.3. The van der Waals surface area contributed by atoms with Crippen molar-refractivity contribution < 1.29 is 4.74 Å². The third-order valence-electron chi connectivity index (χ3n) is 2.73. The van der Waals surface area contributed by atoms with Crippen LogP contribution in [0.1, 0.15) is 16.5 Å². The van der Waals surface area contributed by atoms with Crippen molar-refractivity contribution in [2.45, 2.75) is 6.10 Å². The van der Waals surface area contributed by atoms with Crippen molar-refractivity contribution in [2.75, 3.05) is 27.2 Å². The van der Waals surface area contributed by atoms with Crippen molar-refractivity contribution in [1.29, 1.82) is 0 Å². The average molecular weight is 261 g/mol. The van der Waals surface area contributed by atoms with E-state index in [1.165, 1.54) is 10.4 Å². The average Bonchev–Trinajstić information content (AvgIpc) is 2.89. The number of benzene rings is 1. The van der Waals surface area contributed by atoms with Crippen molar-refractivity contribution in [3.63, 3.8) is 0 Å². The van der Waals surface area contributed by atoms with Gasteiger partial charge in [0.05, 0.1) is 6.61 Å². The Morgan fingerprint density at radius 2 is 1.89 bits per heavy atom. The molecule has 0 radical (unpaired) electrons. The lowest BCUT2D eigenvalue weighted by molar-refractivity contribution is 0.0708. The maximum Gasteiger partial charge on any atom is 0.117 e. The van der Waals surface area contributed by atoms with Crippen LogP contribution in [0.15, 0.2) is 47.8 Å². The second-order valence-electron chi connectivity index (χ2n) is 4.48. The normalized spacial score (nSPS) is 12.8. The molecule has 1 unspecified atom stereocenters. The zero-order chi connectivity index (χ0) is 12.8. The fourth-order valence-corrected chi connectivity index (χ4v) is 2.56. The summed E-state index contributed by atoms with van der Waals surface area (Å²) in [4.78, 5) is 3.40. The van der Waals surface area contributed by atoms with Crippen molar-refractivity contribution in [2.24, 2.45) is 0 Å². The number of thiophene rings is 1. The van der Waals surface area contributed by atoms with E-state index in [-0.39, 0.29) is 6.10 Å². The zero-order valence-corrected chi connectivity index (χ0v) is 11.7. The standard InChI is InChI=1S/C15H19NOS/c1-16(2)10-11-17-15(14-9-6-12-18-14)13-7-4-3-5-8-13/h3-9,12,15H,10-11H2,1-2H3. The maximum absolute atomic E-state index is 6.05. The Labute approximate surface area is 113 Å². The minimum absolute atomic E-state index is 0.0612. The van der Waals surface area contributed by atoms with Crippen LogP contribution in [0.2, 0.25) is 0 Å². The van der Waals surface area contributed by atoms with Gasteiger partial charge in [-0.2, -0.15) is 0 Å². The van der Waals surface area contributed by atoms with Gasteiger partial charge < -0.3 is 9.64 Å². The third kappa shape index (κ3) is 3.67. The molecule has 1 atom stereocenters. The Morgan fingerprint density at radius 1 is 1.11 bits per heavy atom. The Bertz CT molecular complexity index is 439. The summed E-state index contributed by atoms with van der Waals surface area (Å²) >= 11 is 1.75. The molecular weight excluding hydrogens is 242 g/mol. The Morgan fingerprint density at radius 3 is 2.50 bits per heavy atom. The molecular formula is C15H19NOS. The first-order valence-corrected chi connectivity index (χ1v) is 7.00. The summed E-state index contributed by atoms with van der Waals surface area (Å²) < 4.78 is 6.05. The monoisotopic (exact) mass is 261 g/mol. The molecule has 0 amide bonds. The third-order valence-corrected chi connectivity index (χ3v) is 3.64. The van der Waals surface area contributed by atoms with Crippen molar-refractivity contribution in [3.8, 4) is 0 Å². The SMILES string of the molecule is CN(C)CCOC(c1ccccc1)c1cccs1. The van der Waals surface area contributed by atoms with Gasteiger partial charge in [0, 0.05) is 11.4 Å². The zero-order valence-electron chi connectivity index (χ0n) is 10.9. The molecule has 0 N–H and O–H groups in total. The largest absolute Gasteiger partial charge is 0.367 e. The summed E-state index contributed by atoms with van der Waals surface area (Å²) in [5, 5.41) is 2.10. The number of hydrogen-bond acceptors (Lipinski definition) is 3. The van der Waals surface area contributed by atoms with E-state index in [4.69, 9.17) is 4.74 Å². The molecule has 0 aliphatic rings. The first-order valence-electron chi connectivity index (χ1n) is 6.12. The molecule has 96 valence electrons. The second-order valence-corrected chi connectivity index (χ2v) is 5.46. The summed E-state index contributed by atoms with van der Waals surface area (Å²) in [6, 6.07) is 14.6. The summed E-state index contributed by atoms with van der Waals surface area (Å²) in [5.41, 5.74) is 1.22. The van der Waals surface area contributed by atoms with Gasteiger partial charge in [-0.05, 0) is 31.1 Å². The number of rotatable bonds is 6. The highest BCUT2D eigenvalue weighted by atomic mass is 32.1. The van der Waals surface area contributed by atoms with Crippen LogP contribution in [0.5, 0.6) is 0 Å². The van der Waals surface area contributed by atoms with E-state index in [0.29, 0.717) is 0 Å². The Hall–Kier alpha value is -1.16. The molecule has 2 rings (SSSR count). The quantitative estimate of drug-likeness (QED) is 0.790. The molecule has 0 saturated carbocycles. The van der Waals surface area contributed by atoms with Gasteiger partial charge in [0.25, 0.3) is 0 Å². The van der Waals surface area contributed by atoms with Crippen LogP contribution in [0.4, 0.5) is 0 Å². The van der Waals surface area contributed by atoms with Gasteiger partial charge >= 0.3 is 0 Å². The Kier molecular flexibility index (Phi) is 4.93. The van der Waals surface area contributed by atoms with Gasteiger partial charge in [0.15, 0.2) is 0 Å². The molecule has 1 aromatic carbocycles. The number of likely N-dealkylation sites (N-methyl/N-ethyl adjacent to an activating group) is 1. The molecule has 1 aromatic heterocycles. The van der Waals surface area contributed by atoms with Gasteiger partial charge in [0.1, 0.15) is 6.10 Å². The minimum Gasteiger partial charge on any atom is -0.367 e. The molecule has 18 heavy (non-hydrogen) atoms. The summed E-state index contributed by atoms with van der Waals surface area (Å²) in [5.74, 6) is 0. The van der Waals surface area contributed by atoms with Gasteiger partial charge in [-0.1, -0.05) is 36.4 Å². The lowest BCUT2D eigenvalue weighted by Gasteiger charge is -2.18. The highest BCUT2D eigenvalue weighted by molar-refractivity contribution is 7.10. The van der Waals surface area contributed by atoms with Gasteiger partial charge in [0.2, 0.25) is 0 Å². The van der Waals surface area contributed by atoms with Crippen LogP contribution in [0, 0.1) is 0 Å². The molecule has 0 bridgehead atoms. The highest BCUT2D eigenvalue weighted by Crippen LogP contribution is 2.29. The van der Waals surface area contributed by atoms with E-state index in [2.05, 4.69) is 60.8 Å². The van der Waals surface area contributed by atoms with E-state index in [9.17, 15) is 0 Å². The van der Waals surface area contributed by atoms with Gasteiger partial charge in [-0.15, -0.1) is 11.3 Å². The lowest BCUT2D eigenvalue weighted by atomic mass is 10.1.